The summed E-state index contributed by atoms with van der Waals surface area (Å²) in [5.41, 5.74) is -0.0227. The summed E-state index contributed by atoms with van der Waals surface area (Å²) in [4.78, 5) is 23.2. The highest BCUT2D eigenvalue weighted by molar-refractivity contribution is 6.00. The molecule has 100 valence electrons. The Morgan fingerprint density at radius 3 is 2.84 bits per heavy atom. The number of nitrogens with one attached hydrogen (secondary N) is 2. The number of amides is 1. The quantitative estimate of drug-likeness (QED) is 0.778. The maximum absolute atomic E-state index is 12.1. The van der Waals surface area contributed by atoms with Gasteiger partial charge >= 0.3 is 5.97 Å². The van der Waals surface area contributed by atoms with Crippen LogP contribution in [0.2, 0.25) is 0 Å². The van der Waals surface area contributed by atoms with Crippen molar-refractivity contribution in [3.8, 4) is 0 Å². The summed E-state index contributed by atoms with van der Waals surface area (Å²) in [6, 6.07) is 5.04. The molecule has 0 aliphatic heterocycles. The number of aromatic amines is 1. The molecule has 6 nitrogen and oxygen atoms in total. The van der Waals surface area contributed by atoms with E-state index in [9.17, 15) is 9.59 Å². The molecule has 0 radical (unpaired) electrons. The second-order valence-electron chi connectivity index (χ2n) is 4.62. The van der Waals surface area contributed by atoms with E-state index in [-0.39, 0.29) is 0 Å². The van der Waals surface area contributed by atoms with E-state index in [1.807, 2.05) is 0 Å². The molecule has 19 heavy (non-hydrogen) atoms. The lowest BCUT2D eigenvalue weighted by Gasteiger charge is -2.24. The molecule has 1 unspecified atom stereocenters. The normalized spacial score (nSPS) is 14.0. The highest BCUT2D eigenvalue weighted by Gasteiger charge is 2.33. The summed E-state index contributed by atoms with van der Waals surface area (Å²) >= 11 is 0. The number of aromatic nitrogens is 2. The number of H-pyrrole nitrogens is 1. The van der Waals surface area contributed by atoms with Crippen molar-refractivity contribution in [2.75, 3.05) is 0 Å². The van der Waals surface area contributed by atoms with Gasteiger partial charge in [-0.2, -0.15) is 5.10 Å². The van der Waals surface area contributed by atoms with Crippen LogP contribution >= 0.6 is 0 Å². The lowest BCUT2D eigenvalue weighted by Crippen LogP contribution is -2.51. The lowest BCUT2D eigenvalue weighted by molar-refractivity contribution is -0.143. The first-order valence-electron chi connectivity index (χ1n) is 5.95. The molecule has 0 spiro atoms. The van der Waals surface area contributed by atoms with Gasteiger partial charge in [-0.15, -0.1) is 0 Å². The summed E-state index contributed by atoms with van der Waals surface area (Å²) in [7, 11) is 0. The molecule has 1 aromatic heterocycles. The van der Waals surface area contributed by atoms with Gasteiger partial charge in [-0.1, -0.05) is 6.92 Å². The van der Waals surface area contributed by atoms with Gasteiger partial charge in [0.25, 0.3) is 5.91 Å². The van der Waals surface area contributed by atoms with E-state index in [2.05, 4.69) is 15.5 Å². The molecule has 1 atom stereocenters. The Hall–Kier alpha value is -2.37. The molecule has 1 aromatic carbocycles. The molecule has 0 aliphatic rings. The average molecular weight is 261 g/mol. The van der Waals surface area contributed by atoms with Gasteiger partial charge in [0, 0.05) is 10.9 Å². The first-order chi connectivity index (χ1) is 8.96. The van der Waals surface area contributed by atoms with Crippen molar-refractivity contribution >= 4 is 22.8 Å². The summed E-state index contributed by atoms with van der Waals surface area (Å²) < 4.78 is 0. The van der Waals surface area contributed by atoms with E-state index in [1.54, 1.807) is 31.3 Å². The van der Waals surface area contributed by atoms with Crippen LogP contribution in [-0.4, -0.2) is 32.7 Å². The van der Waals surface area contributed by atoms with Crippen LogP contribution in [0.15, 0.2) is 24.4 Å². The SMILES string of the molecule is CCC(C)(NC(=O)c1ccc2[nH]ncc2c1)C(=O)O. The Bertz CT molecular complexity index is 635. The van der Waals surface area contributed by atoms with Crippen LogP contribution in [0.5, 0.6) is 0 Å². The zero-order chi connectivity index (χ0) is 14.0. The summed E-state index contributed by atoms with van der Waals surface area (Å²) in [6.45, 7) is 3.21. The molecule has 1 amide bonds. The van der Waals surface area contributed by atoms with Crippen LogP contribution < -0.4 is 5.32 Å². The zero-order valence-electron chi connectivity index (χ0n) is 10.7. The number of hydrogen-bond acceptors (Lipinski definition) is 3. The standard InChI is InChI=1S/C13H15N3O3/c1-3-13(2,12(18)19)15-11(17)8-4-5-10-9(6-8)7-14-16-10/h4-7H,3H2,1-2H3,(H,14,16)(H,15,17)(H,18,19). The topological polar surface area (TPSA) is 95.1 Å². The van der Waals surface area contributed by atoms with E-state index in [1.165, 1.54) is 6.92 Å². The van der Waals surface area contributed by atoms with Crippen molar-refractivity contribution in [1.29, 1.82) is 0 Å². The Kier molecular flexibility index (Phi) is 3.25. The van der Waals surface area contributed by atoms with E-state index in [0.717, 1.165) is 10.9 Å². The van der Waals surface area contributed by atoms with E-state index < -0.39 is 17.4 Å². The van der Waals surface area contributed by atoms with E-state index in [4.69, 9.17) is 5.11 Å². The molecule has 0 fully saturated rings. The molecule has 6 heteroatoms. The predicted molar refractivity (Wildman–Crippen MR) is 69.9 cm³/mol. The van der Waals surface area contributed by atoms with Gasteiger partial charge < -0.3 is 10.4 Å². The first kappa shape index (κ1) is 13.1. The van der Waals surface area contributed by atoms with Crippen LogP contribution in [0, 0.1) is 0 Å². The van der Waals surface area contributed by atoms with Crippen LogP contribution in [-0.2, 0) is 4.79 Å². The van der Waals surface area contributed by atoms with Gasteiger partial charge in [0.05, 0.1) is 11.7 Å². The number of carboxylic acid groups (broad SMARTS) is 1. The Labute approximate surface area is 109 Å². The van der Waals surface area contributed by atoms with Gasteiger partial charge in [0.1, 0.15) is 5.54 Å². The van der Waals surface area contributed by atoms with Crippen LogP contribution in [0.4, 0.5) is 0 Å². The number of hydrogen-bond donors (Lipinski definition) is 3. The number of carbonyl (C=O) groups is 2. The van der Waals surface area contributed by atoms with Crippen molar-refractivity contribution in [2.24, 2.45) is 0 Å². The van der Waals surface area contributed by atoms with Gasteiger partial charge in [-0.3, -0.25) is 9.89 Å². The predicted octanol–water partition coefficient (Wildman–Crippen LogP) is 1.55. The third-order valence-electron chi connectivity index (χ3n) is 3.27. The second-order valence-corrected chi connectivity index (χ2v) is 4.62. The lowest BCUT2D eigenvalue weighted by atomic mass is 9.98. The fraction of sp³-hybridized carbons (Fsp3) is 0.308. The molecule has 0 aliphatic carbocycles. The molecule has 1 heterocycles. The number of nitrogens with zero attached hydrogens (tertiary/aromatic N) is 1. The Morgan fingerprint density at radius 1 is 1.47 bits per heavy atom. The van der Waals surface area contributed by atoms with Crippen LogP contribution in [0.3, 0.4) is 0 Å². The fourth-order valence-electron chi connectivity index (χ4n) is 1.70. The molecule has 0 saturated heterocycles. The third kappa shape index (κ3) is 2.42. The molecule has 2 aromatic rings. The number of aliphatic carboxylic acids is 1. The summed E-state index contributed by atoms with van der Waals surface area (Å²) in [5.74, 6) is -1.46. The monoisotopic (exact) mass is 261 g/mol. The molecule has 0 saturated carbocycles. The minimum atomic E-state index is -1.26. The Balaban J connectivity index is 2.26. The van der Waals surface area contributed by atoms with Crippen molar-refractivity contribution in [3.63, 3.8) is 0 Å². The maximum atomic E-state index is 12.1. The van der Waals surface area contributed by atoms with Gasteiger partial charge in [-0.05, 0) is 31.5 Å². The van der Waals surface area contributed by atoms with Gasteiger partial charge in [0.2, 0.25) is 0 Å². The number of carboxylic acids is 1. The van der Waals surface area contributed by atoms with E-state index >= 15 is 0 Å². The van der Waals surface area contributed by atoms with E-state index in [0.29, 0.717) is 12.0 Å². The number of rotatable bonds is 4. The highest BCUT2D eigenvalue weighted by Crippen LogP contribution is 2.15. The summed E-state index contributed by atoms with van der Waals surface area (Å²) in [6.07, 6.45) is 1.92. The average Bonchev–Trinajstić information content (AvgIpc) is 2.85. The first-order valence-corrected chi connectivity index (χ1v) is 5.95. The van der Waals surface area contributed by atoms with Gasteiger partial charge in [-0.25, -0.2) is 4.79 Å². The molecule has 2 rings (SSSR count). The number of benzene rings is 1. The highest BCUT2D eigenvalue weighted by atomic mass is 16.4. The minimum Gasteiger partial charge on any atom is -0.480 e. The van der Waals surface area contributed by atoms with Crippen LogP contribution in [0.1, 0.15) is 30.6 Å². The van der Waals surface area contributed by atoms with Gasteiger partial charge in [0.15, 0.2) is 0 Å². The summed E-state index contributed by atoms with van der Waals surface area (Å²) in [5, 5.41) is 19.1. The Morgan fingerprint density at radius 2 is 2.21 bits per heavy atom. The minimum absolute atomic E-state index is 0.308. The molecular weight excluding hydrogens is 246 g/mol. The molecular formula is C13H15N3O3. The zero-order valence-corrected chi connectivity index (χ0v) is 10.7. The smallest absolute Gasteiger partial charge is 0.329 e. The largest absolute Gasteiger partial charge is 0.480 e. The third-order valence-corrected chi connectivity index (χ3v) is 3.27. The molecule has 3 N–H and O–H groups in total. The van der Waals surface area contributed by atoms with Crippen molar-refractivity contribution in [1.82, 2.24) is 15.5 Å². The second kappa shape index (κ2) is 4.72. The number of carbonyl (C=O) groups excluding carboxylic acids is 1. The number of fused-ring (bicyclic) bond motifs is 1. The fourth-order valence-corrected chi connectivity index (χ4v) is 1.70. The van der Waals surface area contributed by atoms with Crippen LogP contribution in [0.25, 0.3) is 10.9 Å². The van der Waals surface area contributed by atoms with Crippen molar-refractivity contribution in [3.05, 3.63) is 30.0 Å². The van der Waals surface area contributed by atoms with Crippen molar-refractivity contribution in [2.45, 2.75) is 25.8 Å². The molecule has 0 bridgehead atoms. The maximum Gasteiger partial charge on any atom is 0.329 e. The van der Waals surface area contributed by atoms with Crippen molar-refractivity contribution < 1.29 is 14.7 Å².